The Kier molecular flexibility index (Phi) is 1.98. The van der Waals surface area contributed by atoms with E-state index in [1.54, 1.807) is 0 Å². The molecule has 1 aliphatic heterocycles. The van der Waals surface area contributed by atoms with Crippen LogP contribution in [0.2, 0.25) is 0 Å². The number of amides is 2. The van der Waals surface area contributed by atoms with Crippen molar-refractivity contribution in [3.05, 3.63) is 34.2 Å². The Morgan fingerprint density at radius 1 is 1.35 bits per heavy atom. The van der Waals surface area contributed by atoms with Crippen molar-refractivity contribution in [3.8, 4) is 0 Å². The number of nitrogens with two attached hydrogens (primary N) is 1. The zero-order valence-corrected chi connectivity index (χ0v) is 9.40. The minimum absolute atomic E-state index is 0.434. The molecule has 3 N–H and O–H groups in total. The van der Waals surface area contributed by atoms with Gasteiger partial charge in [-0.1, -0.05) is 11.0 Å². The van der Waals surface area contributed by atoms with Crippen molar-refractivity contribution in [2.24, 2.45) is 0 Å². The predicted molar refractivity (Wildman–Crippen MR) is 62.6 cm³/mol. The molecule has 88 valence electrons. The summed E-state index contributed by atoms with van der Waals surface area (Å²) in [6, 6.07) is 5.28. The van der Waals surface area contributed by atoms with Gasteiger partial charge in [-0.15, -0.1) is 0 Å². The molecule has 1 aliphatic carbocycles. The number of urea groups is 1. The van der Waals surface area contributed by atoms with E-state index in [0.717, 1.165) is 12.0 Å². The van der Waals surface area contributed by atoms with Gasteiger partial charge in [0.05, 0.1) is 0 Å². The van der Waals surface area contributed by atoms with Gasteiger partial charge in [0.2, 0.25) is 0 Å². The quantitative estimate of drug-likeness (QED) is 0.517. The number of nitrogens with one attached hydrogen (secondary N) is 1. The SMILES string of the molecule is Nc1ccc2c(c1)CC1(CC2)CNC(=O)[N+]1=O. The summed E-state index contributed by atoms with van der Waals surface area (Å²) in [4.78, 5) is 23.2. The van der Waals surface area contributed by atoms with Gasteiger partial charge in [0.25, 0.3) is 0 Å². The number of nitrogens with zero attached hydrogens (tertiary/aromatic N) is 1. The number of benzene rings is 1. The lowest BCUT2D eigenvalue weighted by atomic mass is 9.78. The fourth-order valence-corrected chi connectivity index (χ4v) is 2.79. The Labute approximate surface area is 98.6 Å². The molecule has 0 aromatic heterocycles. The minimum atomic E-state index is -0.599. The number of hydrogen-bond acceptors (Lipinski definition) is 3. The van der Waals surface area contributed by atoms with Crippen molar-refractivity contribution in [2.75, 3.05) is 12.3 Å². The maximum Gasteiger partial charge on any atom is 0.530 e. The van der Waals surface area contributed by atoms with Crippen LogP contribution in [0.25, 0.3) is 0 Å². The van der Waals surface area contributed by atoms with Crippen molar-refractivity contribution >= 4 is 11.7 Å². The lowest BCUT2D eigenvalue weighted by molar-refractivity contribution is -0.523. The van der Waals surface area contributed by atoms with Gasteiger partial charge in [-0.3, -0.25) is 0 Å². The number of nitroso groups, excluding NO2 is 1. The molecule has 1 aromatic carbocycles. The van der Waals surface area contributed by atoms with Crippen molar-refractivity contribution < 1.29 is 9.55 Å². The average molecular weight is 232 g/mol. The van der Waals surface area contributed by atoms with E-state index in [9.17, 15) is 9.70 Å². The molecule has 1 saturated heterocycles. The maximum absolute atomic E-state index is 11.9. The molecule has 1 heterocycles. The van der Waals surface area contributed by atoms with Crippen LogP contribution in [0.4, 0.5) is 10.5 Å². The molecular weight excluding hydrogens is 218 g/mol. The van der Waals surface area contributed by atoms with Gasteiger partial charge < -0.3 is 5.73 Å². The second-order valence-electron chi connectivity index (χ2n) is 4.88. The second kappa shape index (κ2) is 3.29. The van der Waals surface area contributed by atoms with Gasteiger partial charge in [0.1, 0.15) is 6.54 Å². The molecule has 3 rings (SSSR count). The Hall–Kier alpha value is -1.91. The molecule has 1 atom stereocenters. The van der Waals surface area contributed by atoms with E-state index in [-0.39, 0.29) is 0 Å². The van der Waals surface area contributed by atoms with E-state index in [2.05, 4.69) is 5.32 Å². The van der Waals surface area contributed by atoms with Gasteiger partial charge in [-0.2, -0.15) is 4.79 Å². The highest BCUT2D eigenvalue weighted by Gasteiger charge is 2.54. The first kappa shape index (κ1) is 10.3. The topological polar surface area (TPSA) is 75.2 Å². The van der Waals surface area contributed by atoms with Gasteiger partial charge in [-0.25, -0.2) is 5.32 Å². The predicted octanol–water partition coefficient (Wildman–Crippen LogP) is 0.998. The fraction of sp³-hybridized carbons (Fsp3) is 0.417. The minimum Gasteiger partial charge on any atom is -0.399 e. The summed E-state index contributed by atoms with van der Waals surface area (Å²) in [5.74, 6) is 0. The highest BCUT2D eigenvalue weighted by molar-refractivity contribution is 5.67. The molecule has 17 heavy (non-hydrogen) atoms. The van der Waals surface area contributed by atoms with Crippen LogP contribution in [-0.4, -0.2) is 22.9 Å². The van der Waals surface area contributed by atoms with Gasteiger partial charge in [-0.05, 0) is 29.7 Å². The highest BCUT2D eigenvalue weighted by atomic mass is 16.3. The molecule has 0 radical (unpaired) electrons. The molecule has 5 heteroatoms. The van der Waals surface area contributed by atoms with Crippen LogP contribution in [0.1, 0.15) is 17.5 Å². The Balaban J connectivity index is 2.00. The van der Waals surface area contributed by atoms with Gasteiger partial charge in [0.15, 0.2) is 5.54 Å². The summed E-state index contributed by atoms with van der Waals surface area (Å²) < 4.78 is 0.610. The number of rotatable bonds is 0. The number of anilines is 1. The summed E-state index contributed by atoms with van der Waals surface area (Å²) in [5, 5.41) is 2.62. The van der Waals surface area contributed by atoms with E-state index < -0.39 is 11.6 Å². The largest absolute Gasteiger partial charge is 0.530 e. The number of aryl methyl sites for hydroxylation is 1. The third-order valence-electron chi connectivity index (χ3n) is 3.79. The molecule has 5 nitrogen and oxygen atoms in total. The molecular formula is C12H14N3O2+. The van der Waals surface area contributed by atoms with E-state index in [4.69, 9.17) is 5.73 Å². The zero-order valence-electron chi connectivity index (χ0n) is 9.40. The molecule has 1 fully saturated rings. The van der Waals surface area contributed by atoms with Crippen LogP contribution in [0.5, 0.6) is 0 Å². The molecule has 0 bridgehead atoms. The van der Waals surface area contributed by atoms with Gasteiger partial charge >= 0.3 is 6.03 Å². The lowest BCUT2D eigenvalue weighted by Gasteiger charge is -2.27. The van der Waals surface area contributed by atoms with E-state index in [0.29, 0.717) is 29.8 Å². The number of fused-ring (bicyclic) bond motifs is 1. The standard InChI is InChI=1S/C12H13N3O2/c13-10-2-1-8-3-4-12(6-9(8)5-10)7-14-11(16)15(12)17/h1-2,5H,3-4,6-7,13H2/p+1. The summed E-state index contributed by atoms with van der Waals surface area (Å²) in [5.41, 5.74) is 8.19. The van der Waals surface area contributed by atoms with Crippen LogP contribution in [-0.2, 0) is 12.8 Å². The first-order valence-corrected chi connectivity index (χ1v) is 5.73. The smallest absolute Gasteiger partial charge is 0.399 e. The first-order chi connectivity index (χ1) is 8.11. The fourth-order valence-electron chi connectivity index (χ4n) is 2.79. The molecule has 1 unspecified atom stereocenters. The van der Waals surface area contributed by atoms with E-state index in [1.807, 2.05) is 18.2 Å². The van der Waals surface area contributed by atoms with Crippen LogP contribution >= 0.6 is 0 Å². The molecule has 0 saturated carbocycles. The lowest BCUT2D eigenvalue weighted by Crippen LogP contribution is -2.45. The average Bonchev–Trinajstić information content (AvgIpc) is 2.58. The summed E-state index contributed by atoms with van der Waals surface area (Å²) >= 11 is 0. The second-order valence-corrected chi connectivity index (χ2v) is 4.88. The van der Waals surface area contributed by atoms with Crippen molar-refractivity contribution in [3.63, 3.8) is 0 Å². The monoisotopic (exact) mass is 232 g/mol. The molecule has 1 spiro atoms. The number of hydrogen-bond donors (Lipinski definition) is 2. The molecule has 2 aliphatic rings. The van der Waals surface area contributed by atoms with Crippen LogP contribution in [0.15, 0.2) is 18.2 Å². The van der Waals surface area contributed by atoms with Crippen molar-refractivity contribution in [1.29, 1.82) is 0 Å². The van der Waals surface area contributed by atoms with Crippen LogP contribution < -0.4 is 11.1 Å². The number of carbonyl (C=O) groups excluding carboxylic acids is 1. The van der Waals surface area contributed by atoms with Crippen molar-refractivity contribution in [2.45, 2.75) is 24.8 Å². The summed E-state index contributed by atoms with van der Waals surface area (Å²) in [7, 11) is 0. The molecule has 1 aromatic rings. The molecule has 2 amide bonds. The zero-order chi connectivity index (χ0) is 12.0. The first-order valence-electron chi connectivity index (χ1n) is 5.73. The van der Waals surface area contributed by atoms with E-state index >= 15 is 0 Å². The maximum atomic E-state index is 11.9. The Morgan fingerprint density at radius 2 is 2.18 bits per heavy atom. The van der Waals surface area contributed by atoms with Crippen LogP contribution in [0, 0.1) is 4.91 Å². The third kappa shape index (κ3) is 1.42. The normalized spacial score (nSPS) is 27.1. The van der Waals surface area contributed by atoms with Crippen LogP contribution in [0.3, 0.4) is 0 Å². The summed E-state index contributed by atoms with van der Waals surface area (Å²) in [6.07, 6.45) is 2.13. The highest BCUT2D eigenvalue weighted by Crippen LogP contribution is 2.34. The summed E-state index contributed by atoms with van der Waals surface area (Å²) in [6.45, 7) is 0.434. The third-order valence-corrected chi connectivity index (χ3v) is 3.79. The Morgan fingerprint density at radius 3 is 2.88 bits per heavy atom. The Bertz CT molecular complexity index is 526. The number of nitrogen functional groups attached to an aromatic ring is 1. The van der Waals surface area contributed by atoms with Gasteiger partial charge in [0, 0.05) is 23.3 Å². The van der Waals surface area contributed by atoms with Crippen molar-refractivity contribution in [1.82, 2.24) is 5.32 Å². The number of carbonyl (C=O) groups is 1. The van der Waals surface area contributed by atoms with E-state index in [1.165, 1.54) is 5.56 Å².